The van der Waals surface area contributed by atoms with Gasteiger partial charge in [0.1, 0.15) is 5.82 Å². The van der Waals surface area contributed by atoms with Crippen molar-refractivity contribution in [1.82, 2.24) is 14.8 Å². The van der Waals surface area contributed by atoms with Gasteiger partial charge in [0, 0.05) is 40.8 Å². The van der Waals surface area contributed by atoms with Gasteiger partial charge in [0.2, 0.25) is 0 Å². The van der Waals surface area contributed by atoms with Crippen LogP contribution >= 0.6 is 11.6 Å². The normalized spacial score (nSPS) is 11.2. The quantitative estimate of drug-likeness (QED) is 0.694. The zero-order valence-electron chi connectivity index (χ0n) is 9.24. The predicted molar refractivity (Wildman–Crippen MR) is 69.9 cm³/mol. The van der Waals surface area contributed by atoms with Crippen LogP contribution in [0, 0.1) is 0 Å². The van der Waals surface area contributed by atoms with Crippen molar-refractivity contribution in [3.05, 3.63) is 35.5 Å². The monoisotopic (exact) mass is 246 g/mol. The minimum absolute atomic E-state index is 0.519. The van der Waals surface area contributed by atoms with Gasteiger partial charge in [0.25, 0.3) is 0 Å². The van der Waals surface area contributed by atoms with Gasteiger partial charge < -0.3 is 10.7 Å². The van der Waals surface area contributed by atoms with E-state index >= 15 is 0 Å². The number of nitrogens with zero attached hydrogens (tertiary/aromatic N) is 2. The molecule has 0 atom stereocenters. The Labute approximate surface area is 103 Å². The molecular formula is C12H11ClN4. The molecule has 0 aliphatic heterocycles. The summed E-state index contributed by atoms with van der Waals surface area (Å²) < 4.78 is 1.77. The molecule has 0 saturated carbocycles. The number of halogens is 1. The number of aromatic amines is 1. The van der Waals surface area contributed by atoms with Crippen molar-refractivity contribution >= 4 is 28.3 Å². The standard InChI is InChI=1S/C12H11ClN4/c1-17-11(5-12(14)16-17)9-6-15-10-4-7(13)2-3-8(9)10/h2-6,15H,1H3,(H2,14,16). The van der Waals surface area contributed by atoms with Gasteiger partial charge >= 0.3 is 0 Å². The third-order valence-electron chi connectivity index (χ3n) is 2.82. The Morgan fingerprint density at radius 3 is 2.88 bits per heavy atom. The second kappa shape index (κ2) is 3.53. The van der Waals surface area contributed by atoms with E-state index in [0.29, 0.717) is 5.82 Å². The van der Waals surface area contributed by atoms with Crippen LogP contribution in [0.15, 0.2) is 30.5 Å². The van der Waals surface area contributed by atoms with Crippen molar-refractivity contribution in [1.29, 1.82) is 0 Å². The molecule has 5 heteroatoms. The van der Waals surface area contributed by atoms with E-state index in [1.165, 1.54) is 0 Å². The van der Waals surface area contributed by atoms with Crippen molar-refractivity contribution in [2.75, 3.05) is 5.73 Å². The topological polar surface area (TPSA) is 59.6 Å². The van der Waals surface area contributed by atoms with E-state index in [0.717, 1.165) is 27.2 Å². The molecule has 3 N–H and O–H groups in total. The lowest BCUT2D eigenvalue weighted by molar-refractivity contribution is 0.781. The fourth-order valence-corrected chi connectivity index (χ4v) is 2.22. The average Bonchev–Trinajstić information content (AvgIpc) is 2.81. The number of nitrogens with one attached hydrogen (secondary N) is 1. The molecule has 0 fully saturated rings. The Hall–Kier alpha value is -1.94. The number of anilines is 1. The summed E-state index contributed by atoms with van der Waals surface area (Å²) in [5, 5.41) is 5.97. The zero-order valence-corrected chi connectivity index (χ0v) is 9.99. The lowest BCUT2D eigenvalue weighted by Crippen LogP contribution is -1.94. The Morgan fingerprint density at radius 2 is 2.18 bits per heavy atom. The van der Waals surface area contributed by atoms with Gasteiger partial charge in [-0.05, 0) is 12.1 Å². The SMILES string of the molecule is Cn1nc(N)cc1-c1c[nH]c2cc(Cl)ccc12. The highest BCUT2D eigenvalue weighted by molar-refractivity contribution is 6.31. The maximum absolute atomic E-state index is 5.95. The van der Waals surface area contributed by atoms with Crippen LogP contribution in [0.2, 0.25) is 5.02 Å². The average molecular weight is 247 g/mol. The van der Waals surface area contributed by atoms with Crippen LogP contribution in [0.4, 0.5) is 5.82 Å². The van der Waals surface area contributed by atoms with E-state index in [9.17, 15) is 0 Å². The van der Waals surface area contributed by atoms with E-state index < -0.39 is 0 Å². The largest absolute Gasteiger partial charge is 0.382 e. The Bertz CT molecular complexity index is 696. The van der Waals surface area contributed by atoms with Crippen LogP contribution in [0.1, 0.15) is 0 Å². The van der Waals surface area contributed by atoms with Crippen molar-refractivity contribution in [3.63, 3.8) is 0 Å². The first-order valence-electron chi connectivity index (χ1n) is 5.21. The highest BCUT2D eigenvalue weighted by Gasteiger charge is 2.10. The molecule has 0 radical (unpaired) electrons. The molecule has 0 bridgehead atoms. The van der Waals surface area contributed by atoms with Gasteiger partial charge in [0.15, 0.2) is 0 Å². The smallest absolute Gasteiger partial charge is 0.146 e. The minimum atomic E-state index is 0.519. The number of nitrogens with two attached hydrogens (primary N) is 1. The molecule has 0 amide bonds. The summed E-state index contributed by atoms with van der Waals surface area (Å²) >= 11 is 5.95. The van der Waals surface area contributed by atoms with Crippen molar-refractivity contribution in [3.8, 4) is 11.3 Å². The molecule has 0 spiro atoms. The molecular weight excluding hydrogens is 236 g/mol. The molecule has 4 nitrogen and oxygen atoms in total. The first kappa shape index (κ1) is 10.2. The van der Waals surface area contributed by atoms with Gasteiger partial charge in [-0.1, -0.05) is 17.7 Å². The molecule has 0 saturated heterocycles. The lowest BCUT2D eigenvalue weighted by atomic mass is 10.1. The number of rotatable bonds is 1. The third-order valence-corrected chi connectivity index (χ3v) is 3.05. The van der Waals surface area contributed by atoms with Crippen LogP contribution in [-0.4, -0.2) is 14.8 Å². The maximum Gasteiger partial charge on any atom is 0.146 e. The van der Waals surface area contributed by atoms with Crippen LogP contribution in [-0.2, 0) is 7.05 Å². The summed E-state index contributed by atoms with van der Waals surface area (Å²) in [7, 11) is 1.88. The fourth-order valence-electron chi connectivity index (χ4n) is 2.05. The predicted octanol–water partition coefficient (Wildman–Crippen LogP) is 2.80. The second-order valence-corrected chi connectivity index (χ2v) is 4.41. The molecule has 86 valence electrons. The second-order valence-electron chi connectivity index (χ2n) is 3.97. The van der Waals surface area contributed by atoms with Gasteiger partial charge in [0.05, 0.1) is 5.69 Å². The molecule has 3 rings (SSSR count). The summed E-state index contributed by atoms with van der Waals surface area (Å²) in [5.74, 6) is 0.519. The summed E-state index contributed by atoms with van der Waals surface area (Å²) in [6.45, 7) is 0. The summed E-state index contributed by atoms with van der Waals surface area (Å²) in [6.07, 6.45) is 1.94. The molecule has 0 unspecified atom stereocenters. The molecule has 3 aromatic rings. The minimum Gasteiger partial charge on any atom is -0.382 e. The first-order chi connectivity index (χ1) is 8.15. The maximum atomic E-state index is 5.95. The Balaban J connectivity index is 2.28. The van der Waals surface area contributed by atoms with Crippen LogP contribution in [0.5, 0.6) is 0 Å². The molecule has 0 aliphatic rings. The summed E-state index contributed by atoms with van der Waals surface area (Å²) in [4.78, 5) is 3.20. The van der Waals surface area contributed by atoms with Crippen LogP contribution < -0.4 is 5.73 Å². The fraction of sp³-hybridized carbons (Fsp3) is 0.0833. The van der Waals surface area contributed by atoms with Crippen LogP contribution in [0.25, 0.3) is 22.2 Å². The van der Waals surface area contributed by atoms with E-state index in [2.05, 4.69) is 10.1 Å². The zero-order chi connectivity index (χ0) is 12.0. The van der Waals surface area contributed by atoms with E-state index in [4.69, 9.17) is 17.3 Å². The number of hydrogen-bond acceptors (Lipinski definition) is 2. The third kappa shape index (κ3) is 1.57. The number of hydrogen-bond donors (Lipinski definition) is 2. The van der Waals surface area contributed by atoms with Crippen molar-refractivity contribution in [2.24, 2.45) is 7.05 Å². The number of nitrogen functional groups attached to an aromatic ring is 1. The first-order valence-corrected chi connectivity index (χ1v) is 5.59. The van der Waals surface area contributed by atoms with E-state index in [-0.39, 0.29) is 0 Å². The number of aryl methyl sites for hydroxylation is 1. The van der Waals surface area contributed by atoms with E-state index in [1.54, 1.807) is 4.68 Å². The summed E-state index contributed by atoms with van der Waals surface area (Å²) in [6, 6.07) is 7.63. The van der Waals surface area contributed by atoms with Gasteiger partial charge in [-0.25, -0.2) is 0 Å². The van der Waals surface area contributed by atoms with Crippen LogP contribution in [0.3, 0.4) is 0 Å². The molecule has 0 aliphatic carbocycles. The van der Waals surface area contributed by atoms with Gasteiger partial charge in [-0.15, -0.1) is 0 Å². The van der Waals surface area contributed by atoms with E-state index in [1.807, 2.05) is 37.5 Å². The number of benzene rings is 1. The Kier molecular flexibility index (Phi) is 2.12. The highest BCUT2D eigenvalue weighted by Crippen LogP contribution is 2.30. The molecule has 1 aromatic carbocycles. The van der Waals surface area contributed by atoms with Crippen molar-refractivity contribution < 1.29 is 0 Å². The molecule has 17 heavy (non-hydrogen) atoms. The lowest BCUT2D eigenvalue weighted by Gasteiger charge is -1.99. The van der Waals surface area contributed by atoms with Crippen molar-refractivity contribution in [2.45, 2.75) is 0 Å². The molecule has 2 aromatic heterocycles. The highest BCUT2D eigenvalue weighted by atomic mass is 35.5. The number of fused-ring (bicyclic) bond motifs is 1. The Morgan fingerprint density at radius 1 is 1.35 bits per heavy atom. The molecule has 2 heterocycles. The van der Waals surface area contributed by atoms with Gasteiger partial charge in [-0.3, -0.25) is 4.68 Å². The number of aromatic nitrogens is 3. The van der Waals surface area contributed by atoms with Gasteiger partial charge in [-0.2, -0.15) is 5.10 Å². The summed E-state index contributed by atoms with van der Waals surface area (Å²) in [5.41, 5.74) is 8.75. The number of H-pyrrole nitrogens is 1.